The number of fused-ring (bicyclic) bond motifs is 1. The van der Waals surface area contributed by atoms with Gasteiger partial charge in [0.05, 0.1) is 28.6 Å². The average Bonchev–Trinajstić information content (AvgIpc) is 3.21. The van der Waals surface area contributed by atoms with E-state index >= 15 is 0 Å². The van der Waals surface area contributed by atoms with Crippen molar-refractivity contribution in [3.63, 3.8) is 0 Å². The second-order valence-electron chi connectivity index (χ2n) is 9.79. The Balaban J connectivity index is 1.44. The smallest absolute Gasteiger partial charge is 0.390 e. The third-order valence-corrected chi connectivity index (χ3v) is 7.99. The fourth-order valence-corrected chi connectivity index (χ4v) is 6.08. The zero-order valence-electron chi connectivity index (χ0n) is 20.2. The molecule has 36 heavy (non-hydrogen) atoms. The highest BCUT2D eigenvalue weighted by Crippen LogP contribution is 2.46. The standard InChI is InChI=1S/C27H28ClF3N4O/c1-16-24(19-7-8-20(32-2)22(23(19)28)27(29,30)31)34-21(15-36)25(33-16)35-11-9-26(10-12-35)13-17-5-3-4-6-18(17)14-26/h3-8,32,36H,9-15H2,1-2H3. The van der Waals surface area contributed by atoms with Gasteiger partial charge in [-0.3, -0.25) is 0 Å². The Hall–Kier alpha value is -2.84. The molecule has 2 aromatic carbocycles. The van der Waals surface area contributed by atoms with Crippen LogP contribution in [-0.2, 0) is 25.6 Å². The first-order valence-corrected chi connectivity index (χ1v) is 12.4. The molecule has 2 aliphatic rings. The van der Waals surface area contributed by atoms with E-state index in [1.165, 1.54) is 30.3 Å². The molecule has 5 nitrogen and oxygen atoms in total. The molecule has 0 radical (unpaired) electrons. The van der Waals surface area contributed by atoms with E-state index in [4.69, 9.17) is 16.6 Å². The van der Waals surface area contributed by atoms with E-state index in [0.717, 1.165) is 38.8 Å². The van der Waals surface area contributed by atoms with Gasteiger partial charge in [0.25, 0.3) is 0 Å². The number of aromatic nitrogens is 2. The van der Waals surface area contributed by atoms with Gasteiger partial charge in [0, 0.05) is 31.4 Å². The van der Waals surface area contributed by atoms with Crippen molar-refractivity contribution >= 4 is 23.1 Å². The molecule has 0 atom stereocenters. The lowest BCUT2D eigenvalue weighted by Gasteiger charge is -2.40. The number of rotatable bonds is 4. The van der Waals surface area contributed by atoms with Gasteiger partial charge in [0.2, 0.25) is 0 Å². The fourth-order valence-electron chi connectivity index (χ4n) is 5.72. The fraction of sp³-hybridized carbons (Fsp3) is 0.407. The third-order valence-electron chi connectivity index (χ3n) is 7.59. The van der Waals surface area contributed by atoms with E-state index in [9.17, 15) is 18.3 Å². The summed E-state index contributed by atoms with van der Waals surface area (Å²) >= 11 is 6.27. The van der Waals surface area contributed by atoms with Gasteiger partial charge in [-0.1, -0.05) is 35.9 Å². The Bertz CT molecular complexity index is 1280. The number of piperidine rings is 1. The van der Waals surface area contributed by atoms with Crippen LogP contribution in [0.2, 0.25) is 5.02 Å². The number of halogens is 4. The Labute approximate surface area is 213 Å². The van der Waals surface area contributed by atoms with E-state index in [0.29, 0.717) is 17.2 Å². The van der Waals surface area contributed by atoms with Gasteiger partial charge in [-0.25, -0.2) is 9.97 Å². The first kappa shape index (κ1) is 24.8. The molecule has 2 N–H and O–H groups in total. The Morgan fingerprint density at radius 2 is 1.69 bits per heavy atom. The summed E-state index contributed by atoms with van der Waals surface area (Å²) in [5.74, 6) is 0.586. The minimum Gasteiger partial charge on any atom is -0.390 e. The molecule has 1 aromatic heterocycles. The molecule has 0 unspecified atom stereocenters. The number of nitrogens with zero attached hydrogens (tertiary/aromatic N) is 3. The minimum atomic E-state index is -4.64. The second-order valence-corrected chi connectivity index (χ2v) is 10.2. The molecule has 0 bridgehead atoms. The van der Waals surface area contributed by atoms with Crippen molar-refractivity contribution in [2.24, 2.45) is 5.41 Å². The van der Waals surface area contributed by atoms with Crippen LogP contribution in [0, 0.1) is 12.3 Å². The van der Waals surface area contributed by atoms with Crippen molar-refractivity contribution in [2.45, 2.75) is 45.4 Å². The zero-order chi connectivity index (χ0) is 25.7. The molecule has 0 amide bonds. The Morgan fingerprint density at radius 1 is 1.06 bits per heavy atom. The summed E-state index contributed by atoms with van der Waals surface area (Å²) in [6, 6.07) is 11.5. The van der Waals surface area contributed by atoms with Crippen LogP contribution in [0.15, 0.2) is 36.4 Å². The van der Waals surface area contributed by atoms with E-state index in [1.54, 1.807) is 6.92 Å². The lowest BCUT2D eigenvalue weighted by atomic mass is 9.76. The number of hydrogen-bond donors (Lipinski definition) is 2. The topological polar surface area (TPSA) is 61.3 Å². The zero-order valence-corrected chi connectivity index (χ0v) is 21.0. The maximum absolute atomic E-state index is 13.8. The SMILES string of the molecule is CNc1ccc(-c2nc(CO)c(N3CCC4(CC3)Cc3ccccc3C4)nc2C)c(Cl)c1C(F)(F)F. The summed E-state index contributed by atoms with van der Waals surface area (Å²) in [7, 11) is 1.41. The van der Waals surface area contributed by atoms with Crippen LogP contribution in [-0.4, -0.2) is 35.2 Å². The summed E-state index contributed by atoms with van der Waals surface area (Å²) in [5, 5.41) is 12.2. The van der Waals surface area contributed by atoms with Crippen LogP contribution in [0.5, 0.6) is 0 Å². The van der Waals surface area contributed by atoms with Crippen molar-refractivity contribution < 1.29 is 18.3 Å². The minimum absolute atomic E-state index is 0.114. The van der Waals surface area contributed by atoms with Crippen LogP contribution in [0.1, 0.15) is 40.9 Å². The molecule has 1 aliphatic heterocycles. The number of anilines is 2. The van der Waals surface area contributed by atoms with Crippen molar-refractivity contribution in [3.05, 3.63) is 69.5 Å². The normalized spacial score (nSPS) is 16.9. The average molecular weight is 517 g/mol. The van der Waals surface area contributed by atoms with Crippen molar-refractivity contribution in [1.82, 2.24) is 9.97 Å². The number of benzene rings is 2. The third kappa shape index (κ3) is 4.30. The van der Waals surface area contributed by atoms with Crippen molar-refractivity contribution in [3.8, 4) is 11.3 Å². The number of aliphatic hydroxyl groups excluding tert-OH is 1. The molecular formula is C27H28ClF3N4O. The maximum Gasteiger partial charge on any atom is 0.419 e. The van der Waals surface area contributed by atoms with E-state index in [2.05, 4.69) is 39.5 Å². The van der Waals surface area contributed by atoms with Crippen molar-refractivity contribution in [2.75, 3.05) is 30.4 Å². The monoisotopic (exact) mass is 516 g/mol. The van der Waals surface area contributed by atoms with E-state index in [-0.39, 0.29) is 29.0 Å². The number of hydrogen-bond acceptors (Lipinski definition) is 5. The van der Waals surface area contributed by atoms with Gasteiger partial charge in [0.15, 0.2) is 5.82 Å². The first-order chi connectivity index (χ1) is 17.2. The van der Waals surface area contributed by atoms with Crippen LogP contribution in [0.3, 0.4) is 0 Å². The molecule has 5 rings (SSSR count). The number of aryl methyl sites for hydroxylation is 1. The summed E-state index contributed by atoms with van der Waals surface area (Å²) in [6.45, 7) is 2.90. The molecule has 1 aliphatic carbocycles. The molecule has 0 saturated carbocycles. The van der Waals surface area contributed by atoms with Crippen molar-refractivity contribution in [1.29, 1.82) is 0 Å². The summed E-state index contributed by atoms with van der Waals surface area (Å²) in [5.41, 5.74) is 3.22. The van der Waals surface area contributed by atoms with Gasteiger partial charge in [0.1, 0.15) is 5.69 Å². The summed E-state index contributed by atoms with van der Waals surface area (Å²) in [6.07, 6.45) is -0.481. The van der Waals surface area contributed by atoms with E-state index in [1.807, 2.05) is 0 Å². The lowest BCUT2D eigenvalue weighted by Crippen LogP contribution is -2.41. The molecule has 3 aromatic rings. The predicted molar refractivity (Wildman–Crippen MR) is 135 cm³/mol. The first-order valence-electron chi connectivity index (χ1n) is 12.0. The summed E-state index contributed by atoms with van der Waals surface area (Å²) < 4.78 is 41.3. The molecule has 190 valence electrons. The van der Waals surface area contributed by atoms with Crippen LogP contribution in [0.25, 0.3) is 11.3 Å². The van der Waals surface area contributed by atoms with Gasteiger partial charge < -0.3 is 15.3 Å². The molecule has 1 saturated heterocycles. The molecular weight excluding hydrogens is 489 g/mol. The Kier molecular flexibility index (Phi) is 6.37. The number of alkyl halides is 3. The van der Waals surface area contributed by atoms with Crippen LogP contribution < -0.4 is 10.2 Å². The lowest BCUT2D eigenvalue weighted by molar-refractivity contribution is -0.136. The van der Waals surface area contributed by atoms with Crippen LogP contribution in [0.4, 0.5) is 24.7 Å². The highest BCUT2D eigenvalue weighted by Gasteiger charge is 2.41. The number of aliphatic hydroxyl groups is 1. The quantitative estimate of drug-likeness (QED) is 0.442. The van der Waals surface area contributed by atoms with Crippen LogP contribution >= 0.6 is 11.6 Å². The highest BCUT2D eigenvalue weighted by atomic mass is 35.5. The maximum atomic E-state index is 13.8. The molecule has 1 fully saturated rings. The highest BCUT2D eigenvalue weighted by molar-refractivity contribution is 6.34. The van der Waals surface area contributed by atoms with Gasteiger partial charge in [-0.05, 0) is 61.3 Å². The van der Waals surface area contributed by atoms with Gasteiger partial charge in [-0.15, -0.1) is 0 Å². The molecule has 2 heterocycles. The molecule has 9 heteroatoms. The largest absolute Gasteiger partial charge is 0.419 e. The number of nitrogens with one attached hydrogen (secondary N) is 1. The van der Waals surface area contributed by atoms with E-state index < -0.39 is 16.8 Å². The second kappa shape index (κ2) is 9.23. The molecule has 1 spiro atoms. The Morgan fingerprint density at radius 3 is 2.25 bits per heavy atom. The predicted octanol–water partition coefficient (Wildman–Crippen LogP) is 6.04. The van der Waals surface area contributed by atoms with Gasteiger partial charge in [-0.2, -0.15) is 13.2 Å². The summed E-state index contributed by atoms with van der Waals surface area (Å²) in [4.78, 5) is 11.4. The van der Waals surface area contributed by atoms with Gasteiger partial charge >= 0.3 is 6.18 Å².